The van der Waals surface area contributed by atoms with Crippen LogP contribution in [0, 0.1) is 6.92 Å². The highest BCUT2D eigenvalue weighted by atomic mass is 32.2. The zero-order valence-electron chi connectivity index (χ0n) is 11.9. The Morgan fingerprint density at radius 3 is 2.60 bits per heavy atom. The van der Waals surface area contributed by atoms with Gasteiger partial charge in [-0.2, -0.15) is 0 Å². The summed E-state index contributed by atoms with van der Waals surface area (Å²) in [6, 6.07) is 7.09. The van der Waals surface area contributed by atoms with Crippen molar-refractivity contribution in [3.63, 3.8) is 0 Å². The highest BCUT2D eigenvalue weighted by Crippen LogP contribution is 2.21. The Kier molecular flexibility index (Phi) is 6.01. The van der Waals surface area contributed by atoms with E-state index in [0.717, 1.165) is 12.0 Å². The minimum Gasteiger partial charge on any atom is -0.481 e. The van der Waals surface area contributed by atoms with E-state index in [0.29, 0.717) is 12.1 Å². The summed E-state index contributed by atoms with van der Waals surface area (Å²) >= 11 is 0. The van der Waals surface area contributed by atoms with Gasteiger partial charge in [-0.15, -0.1) is 0 Å². The molecule has 0 radical (unpaired) electrons. The van der Waals surface area contributed by atoms with Gasteiger partial charge in [0.25, 0.3) is 0 Å². The number of carboxylic acid groups (broad SMARTS) is 1. The molecule has 0 bridgehead atoms. The molecule has 112 valence electrons. The van der Waals surface area contributed by atoms with Crippen LogP contribution in [0.3, 0.4) is 0 Å². The van der Waals surface area contributed by atoms with Crippen molar-refractivity contribution < 1.29 is 18.3 Å². The third kappa shape index (κ3) is 4.85. The topological polar surface area (TPSA) is 74.7 Å². The average molecular weight is 299 g/mol. The zero-order chi connectivity index (χ0) is 15.2. The summed E-state index contributed by atoms with van der Waals surface area (Å²) in [5, 5.41) is 8.78. The lowest BCUT2D eigenvalue weighted by Crippen LogP contribution is -2.35. The SMILES string of the molecule is CCCCS(=O)(=O)N(CCC(=O)O)c1cccc(C)c1. The molecule has 0 fully saturated rings. The molecule has 1 aromatic rings. The van der Waals surface area contributed by atoms with Crippen LogP contribution in [0.4, 0.5) is 5.69 Å². The molecule has 0 aliphatic carbocycles. The maximum absolute atomic E-state index is 12.3. The first-order chi connectivity index (χ1) is 9.36. The van der Waals surface area contributed by atoms with Crippen molar-refractivity contribution in [2.24, 2.45) is 0 Å². The van der Waals surface area contributed by atoms with Gasteiger partial charge in [0.1, 0.15) is 0 Å². The van der Waals surface area contributed by atoms with Gasteiger partial charge in [-0.3, -0.25) is 9.10 Å². The third-order valence-electron chi connectivity index (χ3n) is 2.91. The van der Waals surface area contributed by atoms with Gasteiger partial charge in [-0.25, -0.2) is 8.42 Å². The number of hydrogen-bond donors (Lipinski definition) is 1. The average Bonchev–Trinajstić information content (AvgIpc) is 2.36. The van der Waals surface area contributed by atoms with E-state index in [2.05, 4.69) is 0 Å². The Bertz CT molecular complexity index is 554. The second kappa shape index (κ2) is 7.28. The number of carboxylic acids is 1. The molecule has 0 spiro atoms. The predicted octanol–water partition coefficient (Wildman–Crippen LogP) is 2.41. The molecule has 0 aliphatic rings. The van der Waals surface area contributed by atoms with Crippen molar-refractivity contribution >= 4 is 21.7 Å². The number of benzene rings is 1. The number of hydrogen-bond acceptors (Lipinski definition) is 3. The first-order valence-electron chi connectivity index (χ1n) is 6.65. The molecule has 0 atom stereocenters. The molecule has 0 unspecified atom stereocenters. The van der Waals surface area contributed by atoms with E-state index in [1.807, 2.05) is 19.9 Å². The van der Waals surface area contributed by atoms with Crippen LogP contribution in [-0.4, -0.2) is 31.8 Å². The lowest BCUT2D eigenvalue weighted by molar-refractivity contribution is -0.136. The standard InChI is InChI=1S/C14H21NO4S/c1-3-4-10-20(18,19)15(9-8-14(16)17)13-7-5-6-12(2)11-13/h5-7,11H,3-4,8-10H2,1-2H3,(H,16,17). The molecule has 0 aliphatic heterocycles. The van der Waals surface area contributed by atoms with Crippen LogP contribution < -0.4 is 4.31 Å². The monoisotopic (exact) mass is 299 g/mol. The second-order valence-corrected chi connectivity index (χ2v) is 6.74. The minimum atomic E-state index is -3.48. The molecule has 0 saturated carbocycles. The molecule has 1 rings (SSSR count). The Morgan fingerprint density at radius 1 is 1.35 bits per heavy atom. The number of anilines is 1. The largest absolute Gasteiger partial charge is 0.481 e. The van der Waals surface area contributed by atoms with E-state index in [4.69, 9.17) is 5.11 Å². The molecular formula is C14H21NO4S. The molecule has 5 nitrogen and oxygen atoms in total. The smallest absolute Gasteiger partial charge is 0.305 e. The second-order valence-electron chi connectivity index (χ2n) is 4.72. The maximum Gasteiger partial charge on any atom is 0.305 e. The van der Waals surface area contributed by atoms with E-state index < -0.39 is 16.0 Å². The zero-order valence-corrected chi connectivity index (χ0v) is 12.7. The number of nitrogens with zero attached hydrogens (tertiary/aromatic N) is 1. The summed E-state index contributed by atoms with van der Waals surface area (Å²) in [4.78, 5) is 10.7. The Balaban J connectivity index is 3.04. The van der Waals surface area contributed by atoms with E-state index in [1.165, 1.54) is 4.31 Å². The Labute approximate surface area is 120 Å². The van der Waals surface area contributed by atoms with Crippen LogP contribution >= 0.6 is 0 Å². The molecule has 0 aromatic heterocycles. The predicted molar refractivity (Wildman–Crippen MR) is 79.5 cm³/mol. The quantitative estimate of drug-likeness (QED) is 0.800. The van der Waals surface area contributed by atoms with Gasteiger partial charge in [-0.05, 0) is 31.0 Å². The van der Waals surface area contributed by atoms with Gasteiger partial charge in [0, 0.05) is 6.54 Å². The van der Waals surface area contributed by atoms with Crippen molar-refractivity contribution in [1.82, 2.24) is 0 Å². The molecule has 20 heavy (non-hydrogen) atoms. The normalized spacial score (nSPS) is 11.3. The van der Waals surface area contributed by atoms with Crippen molar-refractivity contribution in [3.05, 3.63) is 29.8 Å². The van der Waals surface area contributed by atoms with Crippen molar-refractivity contribution in [2.75, 3.05) is 16.6 Å². The van der Waals surface area contributed by atoms with Gasteiger partial charge in [-0.1, -0.05) is 25.5 Å². The van der Waals surface area contributed by atoms with Crippen LogP contribution in [0.2, 0.25) is 0 Å². The van der Waals surface area contributed by atoms with Gasteiger partial charge in [0.15, 0.2) is 0 Å². The molecule has 0 heterocycles. The molecule has 0 amide bonds. The molecule has 1 aromatic carbocycles. The number of unbranched alkanes of at least 4 members (excludes halogenated alkanes) is 1. The summed E-state index contributed by atoms with van der Waals surface area (Å²) in [5.41, 5.74) is 1.47. The minimum absolute atomic E-state index is 0.0369. The maximum atomic E-state index is 12.3. The molecule has 6 heteroatoms. The highest BCUT2D eigenvalue weighted by molar-refractivity contribution is 7.92. The summed E-state index contributed by atoms with van der Waals surface area (Å²) < 4.78 is 25.9. The lowest BCUT2D eigenvalue weighted by Gasteiger charge is -2.24. The third-order valence-corrected chi connectivity index (χ3v) is 4.78. The first kappa shape index (κ1) is 16.5. The number of sulfonamides is 1. The fourth-order valence-corrected chi connectivity index (χ4v) is 3.52. The number of rotatable bonds is 8. The fraction of sp³-hybridized carbons (Fsp3) is 0.500. The van der Waals surface area contributed by atoms with Crippen molar-refractivity contribution in [2.45, 2.75) is 33.1 Å². The van der Waals surface area contributed by atoms with E-state index in [1.54, 1.807) is 18.2 Å². The number of aliphatic carboxylic acids is 1. The van der Waals surface area contributed by atoms with Gasteiger partial charge < -0.3 is 5.11 Å². The van der Waals surface area contributed by atoms with Crippen molar-refractivity contribution in [3.8, 4) is 0 Å². The molecule has 1 N–H and O–H groups in total. The summed E-state index contributed by atoms with van der Waals surface area (Å²) in [6.07, 6.45) is 1.14. The molecule has 0 saturated heterocycles. The first-order valence-corrected chi connectivity index (χ1v) is 8.26. The number of aryl methyl sites for hydroxylation is 1. The fourth-order valence-electron chi connectivity index (χ4n) is 1.85. The molecular weight excluding hydrogens is 278 g/mol. The van der Waals surface area contributed by atoms with Crippen LogP contribution in [0.1, 0.15) is 31.7 Å². The number of carbonyl (C=O) groups is 1. The lowest BCUT2D eigenvalue weighted by atomic mass is 10.2. The summed E-state index contributed by atoms with van der Waals surface area (Å²) in [7, 11) is -3.48. The van der Waals surface area contributed by atoms with Gasteiger partial charge in [0.05, 0.1) is 17.9 Å². The van der Waals surface area contributed by atoms with Crippen LogP contribution in [-0.2, 0) is 14.8 Å². The highest BCUT2D eigenvalue weighted by Gasteiger charge is 2.22. The van der Waals surface area contributed by atoms with Gasteiger partial charge in [0.2, 0.25) is 10.0 Å². The van der Waals surface area contributed by atoms with E-state index >= 15 is 0 Å². The van der Waals surface area contributed by atoms with Crippen molar-refractivity contribution in [1.29, 1.82) is 0 Å². The summed E-state index contributed by atoms with van der Waals surface area (Å²) in [5.74, 6) is -0.967. The van der Waals surface area contributed by atoms with E-state index in [-0.39, 0.29) is 18.7 Å². The van der Waals surface area contributed by atoms with Crippen LogP contribution in [0.25, 0.3) is 0 Å². The van der Waals surface area contributed by atoms with Crippen LogP contribution in [0.15, 0.2) is 24.3 Å². The van der Waals surface area contributed by atoms with Crippen LogP contribution in [0.5, 0.6) is 0 Å². The Morgan fingerprint density at radius 2 is 2.05 bits per heavy atom. The Hall–Kier alpha value is -1.56. The van der Waals surface area contributed by atoms with Gasteiger partial charge >= 0.3 is 5.97 Å². The summed E-state index contributed by atoms with van der Waals surface area (Å²) in [6.45, 7) is 3.76. The van der Waals surface area contributed by atoms with E-state index in [9.17, 15) is 13.2 Å².